The summed E-state index contributed by atoms with van der Waals surface area (Å²) in [7, 11) is -2.23. The van der Waals surface area contributed by atoms with Crippen LogP contribution in [0.3, 0.4) is 0 Å². The number of rotatable bonds is 6. The summed E-state index contributed by atoms with van der Waals surface area (Å²) in [5.74, 6) is -0.326. The van der Waals surface area contributed by atoms with Gasteiger partial charge in [-0.05, 0) is 25.0 Å². The first-order valence-electron chi connectivity index (χ1n) is 6.90. The maximum atomic E-state index is 12.2. The highest BCUT2D eigenvalue weighted by Crippen LogP contribution is 2.13. The van der Waals surface area contributed by atoms with Gasteiger partial charge in [-0.1, -0.05) is 18.2 Å². The van der Waals surface area contributed by atoms with Gasteiger partial charge < -0.3 is 10.1 Å². The molecule has 0 unspecified atom stereocenters. The molecule has 116 valence electrons. The maximum Gasteiger partial charge on any atom is 0.243 e. The van der Waals surface area contributed by atoms with Crippen molar-refractivity contribution in [2.24, 2.45) is 0 Å². The summed E-state index contributed by atoms with van der Waals surface area (Å²) in [6.07, 6.45) is 1.98. The summed E-state index contributed by atoms with van der Waals surface area (Å²) in [6.45, 7) is 0.949. The Morgan fingerprint density at radius 1 is 1.38 bits per heavy atom. The van der Waals surface area contributed by atoms with Gasteiger partial charge in [0.25, 0.3) is 0 Å². The van der Waals surface area contributed by atoms with Crippen LogP contribution in [0.2, 0.25) is 0 Å². The van der Waals surface area contributed by atoms with Crippen molar-refractivity contribution in [3.63, 3.8) is 0 Å². The molecule has 0 bridgehead atoms. The lowest BCUT2D eigenvalue weighted by molar-refractivity contribution is -0.121. The zero-order valence-electron chi connectivity index (χ0n) is 12.0. The monoisotopic (exact) mass is 312 g/mol. The Hall–Kier alpha value is -1.44. The third kappa shape index (κ3) is 4.26. The van der Waals surface area contributed by atoms with E-state index in [4.69, 9.17) is 4.74 Å². The molecular weight excluding hydrogens is 292 g/mol. The molecular formula is C14H20N2O4S. The molecule has 6 nitrogen and oxygen atoms in total. The highest BCUT2D eigenvalue weighted by atomic mass is 32.2. The third-order valence-corrected chi connectivity index (χ3v) is 5.19. The van der Waals surface area contributed by atoms with E-state index in [-0.39, 0.29) is 23.5 Å². The highest BCUT2D eigenvalue weighted by molar-refractivity contribution is 7.89. The average Bonchev–Trinajstić information content (AvgIpc) is 2.99. The Kier molecular flexibility index (Phi) is 5.33. The molecule has 1 atom stereocenters. The number of carbonyl (C=O) groups is 1. The van der Waals surface area contributed by atoms with Crippen LogP contribution in [0.5, 0.6) is 0 Å². The number of hydrogen-bond donors (Lipinski definition) is 1. The van der Waals surface area contributed by atoms with E-state index in [2.05, 4.69) is 5.32 Å². The zero-order valence-corrected chi connectivity index (χ0v) is 12.8. The Morgan fingerprint density at radius 3 is 2.71 bits per heavy atom. The van der Waals surface area contributed by atoms with Crippen molar-refractivity contribution in [3.8, 4) is 0 Å². The van der Waals surface area contributed by atoms with Crippen molar-refractivity contribution < 1.29 is 17.9 Å². The van der Waals surface area contributed by atoms with Crippen molar-refractivity contribution in [1.29, 1.82) is 0 Å². The predicted molar refractivity (Wildman–Crippen MR) is 78.2 cm³/mol. The molecule has 2 rings (SSSR count). The summed E-state index contributed by atoms with van der Waals surface area (Å²) in [6, 6.07) is 8.07. The molecule has 1 aliphatic heterocycles. The van der Waals surface area contributed by atoms with Crippen LogP contribution in [0.1, 0.15) is 12.8 Å². The first kappa shape index (κ1) is 15.9. The minimum Gasteiger partial charge on any atom is -0.376 e. The van der Waals surface area contributed by atoms with E-state index >= 15 is 0 Å². The van der Waals surface area contributed by atoms with Crippen molar-refractivity contribution >= 4 is 15.9 Å². The fourth-order valence-electron chi connectivity index (χ4n) is 2.15. The largest absolute Gasteiger partial charge is 0.376 e. The third-order valence-electron chi connectivity index (χ3n) is 3.37. The standard InChI is InChI=1S/C14H20N2O4S/c1-16(21(18,19)13-7-3-2-4-8-13)11-14(17)15-10-12-6-5-9-20-12/h2-4,7-8,12H,5-6,9-11H2,1H3,(H,15,17)/t12-/m1/s1. The van der Waals surface area contributed by atoms with Crippen molar-refractivity contribution in [2.45, 2.75) is 23.8 Å². The second-order valence-electron chi connectivity index (χ2n) is 5.01. The number of benzene rings is 1. The molecule has 0 radical (unpaired) electrons. The highest BCUT2D eigenvalue weighted by Gasteiger charge is 2.23. The Morgan fingerprint density at radius 2 is 2.10 bits per heavy atom. The zero-order chi connectivity index (χ0) is 15.3. The molecule has 1 aromatic rings. The van der Waals surface area contributed by atoms with Crippen molar-refractivity contribution in [2.75, 3.05) is 26.7 Å². The molecule has 0 saturated carbocycles. The van der Waals surface area contributed by atoms with Crippen LogP contribution in [0.15, 0.2) is 35.2 Å². The predicted octanol–water partition coefficient (Wildman–Crippen LogP) is 0.602. The summed E-state index contributed by atoms with van der Waals surface area (Å²) in [5, 5.41) is 2.71. The molecule has 1 N–H and O–H groups in total. The van der Waals surface area contributed by atoms with E-state index in [1.54, 1.807) is 18.2 Å². The van der Waals surface area contributed by atoms with Crippen molar-refractivity contribution in [3.05, 3.63) is 30.3 Å². The number of hydrogen-bond acceptors (Lipinski definition) is 4. The lowest BCUT2D eigenvalue weighted by atomic mass is 10.2. The van der Waals surface area contributed by atoms with E-state index in [1.807, 2.05) is 0 Å². The minimum absolute atomic E-state index is 0.0463. The first-order chi connectivity index (χ1) is 10.00. The normalized spacial score (nSPS) is 18.9. The molecule has 1 saturated heterocycles. The van der Waals surface area contributed by atoms with E-state index in [0.29, 0.717) is 6.54 Å². The first-order valence-corrected chi connectivity index (χ1v) is 8.34. The van der Waals surface area contributed by atoms with E-state index in [1.165, 1.54) is 19.2 Å². The van der Waals surface area contributed by atoms with Crippen LogP contribution < -0.4 is 5.32 Å². The fourth-order valence-corrected chi connectivity index (χ4v) is 3.30. The number of likely N-dealkylation sites (N-methyl/N-ethyl adjacent to an activating group) is 1. The Labute approximate surface area is 125 Å². The van der Waals surface area contributed by atoms with E-state index in [9.17, 15) is 13.2 Å². The van der Waals surface area contributed by atoms with Gasteiger partial charge in [-0.3, -0.25) is 4.79 Å². The van der Waals surface area contributed by atoms with Gasteiger partial charge in [0.05, 0.1) is 17.5 Å². The molecule has 1 aromatic carbocycles. The summed E-state index contributed by atoms with van der Waals surface area (Å²) < 4.78 is 30.9. The summed E-state index contributed by atoms with van der Waals surface area (Å²) in [4.78, 5) is 12.0. The van der Waals surface area contributed by atoms with Gasteiger partial charge in [0.15, 0.2) is 0 Å². The second-order valence-corrected chi connectivity index (χ2v) is 7.06. The number of amides is 1. The molecule has 1 amide bonds. The topological polar surface area (TPSA) is 75.7 Å². The van der Waals surface area contributed by atoms with Gasteiger partial charge in [-0.15, -0.1) is 0 Å². The molecule has 7 heteroatoms. The molecule has 0 spiro atoms. The Bertz CT molecular complexity index is 568. The Balaban J connectivity index is 1.88. The lowest BCUT2D eigenvalue weighted by Gasteiger charge is -2.17. The van der Waals surface area contributed by atoms with Crippen LogP contribution in [-0.2, 0) is 19.6 Å². The maximum absolute atomic E-state index is 12.2. The van der Waals surface area contributed by atoms with Crippen LogP contribution in [0.25, 0.3) is 0 Å². The van der Waals surface area contributed by atoms with Crippen LogP contribution in [-0.4, -0.2) is 51.5 Å². The fraction of sp³-hybridized carbons (Fsp3) is 0.500. The van der Waals surface area contributed by atoms with Gasteiger partial charge in [0.1, 0.15) is 0 Å². The number of ether oxygens (including phenoxy) is 1. The molecule has 21 heavy (non-hydrogen) atoms. The smallest absolute Gasteiger partial charge is 0.243 e. The van der Waals surface area contributed by atoms with Gasteiger partial charge in [-0.25, -0.2) is 8.42 Å². The van der Waals surface area contributed by atoms with Crippen LogP contribution in [0.4, 0.5) is 0 Å². The van der Waals surface area contributed by atoms with E-state index in [0.717, 1.165) is 23.8 Å². The second kappa shape index (κ2) is 7.02. The van der Waals surface area contributed by atoms with Crippen LogP contribution in [0, 0.1) is 0 Å². The van der Waals surface area contributed by atoms with E-state index < -0.39 is 10.0 Å². The number of nitrogens with zero attached hydrogens (tertiary/aromatic N) is 1. The van der Waals surface area contributed by atoms with Gasteiger partial charge in [0, 0.05) is 20.2 Å². The molecule has 1 heterocycles. The van der Waals surface area contributed by atoms with Crippen LogP contribution >= 0.6 is 0 Å². The summed E-state index contributed by atoms with van der Waals surface area (Å²) >= 11 is 0. The number of carbonyl (C=O) groups excluding carboxylic acids is 1. The minimum atomic E-state index is -3.63. The molecule has 0 aliphatic carbocycles. The molecule has 1 fully saturated rings. The van der Waals surface area contributed by atoms with Gasteiger partial charge in [0.2, 0.25) is 15.9 Å². The average molecular weight is 312 g/mol. The SMILES string of the molecule is CN(CC(=O)NC[C@H]1CCCO1)S(=O)(=O)c1ccccc1. The molecule has 0 aromatic heterocycles. The summed E-state index contributed by atoms with van der Waals surface area (Å²) in [5.41, 5.74) is 0. The van der Waals surface area contributed by atoms with Gasteiger partial charge in [-0.2, -0.15) is 4.31 Å². The van der Waals surface area contributed by atoms with Gasteiger partial charge >= 0.3 is 0 Å². The number of nitrogens with one attached hydrogen (secondary N) is 1. The quantitative estimate of drug-likeness (QED) is 0.835. The van der Waals surface area contributed by atoms with Crippen molar-refractivity contribution in [1.82, 2.24) is 9.62 Å². The molecule has 1 aliphatic rings. The lowest BCUT2D eigenvalue weighted by Crippen LogP contribution is -2.40. The number of sulfonamides is 1.